The SMILES string of the molecule is CCCNC(CCN1CCC(O)CC1)c1cccc(Cl)c1. The first-order valence-corrected chi connectivity index (χ1v) is 8.46. The van der Waals surface area contributed by atoms with Crippen LogP contribution in [0.5, 0.6) is 0 Å². The first-order chi connectivity index (χ1) is 10.2. The molecule has 4 heteroatoms. The van der Waals surface area contributed by atoms with E-state index in [0.717, 1.165) is 56.9 Å². The van der Waals surface area contributed by atoms with Crippen LogP contribution >= 0.6 is 11.6 Å². The Labute approximate surface area is 133 Å². The van der Waals surface area contributed by atoms with E-state index in [1.165, 1.54) is 5.56 Å². The summed E-state index contributed by atoms with van der Waals surface area (Å²) in [5.41, 5.74) is 1.27. The summed E-state index contributed by atoms with van der Waals surface area (Å²) < 4.78 is 0. The lowest BCUT2D eigenvalue weighted by Gasteiger charge is -2.31. The van der Waals surface area contributed by atoms with Crippen LogP contribution in [-0.2, 0) is 0 Å². The number of aliphatic hydroxyl groups is 1. The van der Waals surface area contributed by atoms with E-state index in [4.69, 9.17) is 11.6 Å². The normalized spacial score (nSPS) is 18.8. The summed E-state index contributed by atoms with van der Waals surface area (Å²) in [5, 5.41) is 14.0. The summed E-state index contributed by atoms with van der Waals surface area (Å²) >= 11 is 6.12. The number of nitrogens with zero attached hydrogens (tertiary/aromatic N) is 1. The molecule has 1 fully saturated rings. The first-order valence-electron chi connectivity index (χ1n) is 8.08. The zero-order valence-corrected chi connectivity index (χ0v) is 13.6. The van der Waals surface area contributed by atoms with Crippen molar-refractivity contribution in [2.24, 2.45) is 0 Å². The van der Waals surface area contributed by atoms with Gasteiger partial charge in [-0.1, -0.05) is 30.7 Å². The largest absolute Gasteiger partial charge is 0.393 e. The molecule has 3 nitrogen and oxygen atoms in total. The zero-order chi connectivity index (χ0) is 15.1. The van der Waals surface area contributed by atoms with E-state index in [1.54, 1.807) is 0 Å². The van der Waals surface area contributed by atoms with E-state index in [2.05, 4.69) is 29.3 Å². The van der Waals surface area contributed by atoms with Gasteiger partial charge in [0, 0.05) is 24.2 Å². The van der Waals surface area contributed by atoms with Gasteiger partial charge in [-0.2, -0.15) is 0 Å². The van der Waals surface area contributed by atoms with Crippen molar-refractivity contribution in [2.45, 2.75) is 44.8 Å². The van der Waals surface area contributed by atoms with Gasteiger partial charge in [0.1, 0.15) is 0 Å². The second kappa shape index (κ2) is 8.74. The van der Waals surface area contributed by atoms with Gasteiger partial charge in [0.2, 0.25) is 0 Å². The molecule has 0 aromatic heterocycles. The Balaban J connectivity index is 1.90. The van der Waals surface area contributed by atoms with Gasteiger partial charge < -0.3 is 15.3 Å². The van der Waals surface area contributed by atoms with Crippen LogP contribution in [0.4, 0.5) is 0 Å². The molecule has 0 amide bonds. The predicted octanol–water partition coefficient (Wildman–Crippen LogP) is 3.23. The molecule has 2 rings (SSSR count). The molecule has 118 valence electrons. The van der Waals surface area contributed by atoms with Crippen LogP contribution in [-0.4, -0.2) is 42.3 Å². The van der Waals surface area contributed by atoms with Gasteiger partial charge in [0.15, 0.2) is 0 Å². The Bertz CT molecular complexity index is 419. The quantitative estimate of drug-likeness (QED) is 0.811. The van der Waals surface area contributed by atoms with Crippen LogP contribution in [0.15, 0.2) is 24.3 Å². The molecule has 0 saturated carbocycles. The Morgan fingerprint density at radius 1 is 1.38 bits per heavy atom. The Kier molecular flexibility index (Phi) is 6.97. The van der Waals surface area contributed by atoms with Crippen molar-refractivity contribution < 1.29 is 5.11 Å². The molecule has 2 N–H and O–H groups in total. The first kappa shape index (κ1) is 16.8. The molecule has 1 aromatic carbocycles. The minimum atomic E-state index is -0.0943. The summed E-state index contributed by atoms with van der Waals surface area (Å²) in [6.45, 7) is 6.30. The molecule has 0 spiro atoms. The third-order valence-electron chi connectivity index (χ3n) is 4.18. The van der Waals surface area contributed by atoms with Gasteiger partial charge in [-0.3, -0.25) is 0 Å². The molecule has 1 unspecified atom stereocenters. The van der Waals surface area contributed by atoms with Crippen molar-refractivity contribution in [3.05, 3.63) is 34.9 Å². The van der Waals surface area contributed by atoms with Crippen molar-refractivity contribution in [1.29, 1.82) is 0 Å². The second-order valence-corrected chi connectivity index (χ2v) is 6.36. The summed E-state index contributed by atoms with van der Waals surface area (Å²) in [7, 11) is 0. The lowest BCUT2D eigenvalue weighted by Crippen LogP contribution is -2.37. The van der Waals surface area contributed by atoms with E-state index in [-0.39, 0.29) is 6.10 Å². The molecule has 21 heavy (non-hydrogen) atoms. The number of rotatable bonds is 7. The molecule has 1 saturated heterocycles. The molecular weight excluding hydrogens is 284 g/mol. The molecule has 1 aliphatic rings. The highest BCUT2D eigenvalue weighted by molar-refractivity contribution is 6.30. The van der Waals surface area contributed by atoms with Gasteiger partial charge >= 0.3 is 0 Å². The predicted molar refractivity (Wildman–Crippen MR) is 88.8 cm³/mol. The molecule has 0 bridgehead atoms. The maximum atomic E-state index is 9.58. The van der Waals surface area contributed by atoms with Crippen molar-refractivity contribution in [3.8, 4) is 0 Å². The van der Waals surface area contributed by atoms with Gasteiger partial charge in [0.05, 0.1) is 6.10 Å². The summed E-state index contributed by atoms with van der Waals surface area (Å²) in [4.78, 5) is 2.46. The average Bonchev–Trinajstić information content (AvgIpc) is 2.49. The van der Waals surface area contributed by atoms with Crippen molar-refractivity contribution in [1.82, 2.24) is 10.2 Å². The van der Waals surface area contributed by atoms with E-state index < -0.39 is 0 Å². The number of likely N-dealkylation sites (tertiary alicyclic amines) is 1. The van der Waals surface area contributed by atoms with E-state index in [9.17, 15) is 5.11 Å². The number of nitrogens with one attached hydrogen (secondary N) is 1. The Morgan fingerprint density at radius 3 is 2.81 bits per heavy atom. The van der Waals surface area contributed by atoms with Crippen LogP contribution in [0, 0.1) is 0 Å². The van der Waals surface area contributed by atoms with Gasteiger partial charge in [-0.15, -0.1) is 0 Å². The topological polar surface area (TPSA) is 35.5 Å². The second-order valence-electron chi connectivity index (χ2n) is 5.92. The Hall–Kier alpha value is -0.610. The highest BCUT2D eigenvalue weighted by Gasteiger charge is 2.18. The maximum Gasteiger partial charge on any atom is 0.0564 e. The van der Waals surface area contributed by atoms with Crippen LogP contribution in [0.3, 0.4) is 0 Å². The summed E-state index contributed by atoms with van der Waals surface area (Å²) in [6.07, 6.45) is 3.93. The molecule has 1 atom stereocenters. The molecule has 1 aliphatic heterocycles. The highest BCUT2D eigenvalue weighted by atomic mass is 35.5. The number of piperidine rings is 1. The fourth-order valence-electron chi connectivity index (χ4n) is 2.88. The van der Waals surface area contributed by atoms with Crippen LogP contribution < -0.4 is 5.32 Å². The monoisotopic (exact) mass is 310 g/mol. The zero-order valence-electron chi connectivity index (χ0n) is 12.9. The van der Waals surface area contributed by atoms with Crippen molar-refractivity contribution in [2.75, 3.05) is 26.2 Å². The summed E-state index contributed by atoms with van der Waals surface area (Å²) in [5.74, 6) is 0. The number of benzene rings is 1. The average molecular weight is 311 g/mol. The molecule has 0 radical (unpaired) electrons. The maximum absolute atomic E-state index is 9.58. The lowest BCUT2D eigenvalue weighted by molar-refractivity contribution is 0.0806. The number of halogens is 1. The molecular formula is C17H27ClN2O. The van der Waals surface area contributed by atoms with Crippen molar-refractivity contribution in [3.63, 3.8) is 0 Å². The van der Waals surface area contributed by atoms with Gasteiger partial charge in [-0.05, 0) is 56.5 Å². The molecule has 1 aromatic rings. The fourth-order valence-corrected chi connectivity index (χ4v) is 3.08. The molecule has 1 heterocycles. The minimum Gasteiger partial charge on any atom is -0.393 e. The highest BCUT2D eigenvalue weighted by Crippen LogP contribution is 2.22. The standard InChI is InChI=1S/C17H27ClN2O/c1-2-9-19-17(14-4-3-5-15(18)13-14)8-12-20-10-6-16(21)7-11-20/h3-5,13,16-17,19,21H,2,6-12H2,1H3. The number of hydrogen-bond donors (Lipinski definition) is 2. The lowest BCUT2D eigenvalue weighted by atomic mass is 10.0. The van der Waals surface area contributed by atoms with Crippen molar-refractivity contribution >= 4 is 11.6 Å². The minimum absolute atomic E-state index is 0.0943. The molecule has 0 aliphatic carbocycles. The van der Waals surface area contributed by atoms with Gasteiger partial charge in [-0.25, -0.2) is 0 Å². The number of aliphatic hydroxyl groups excluding tert-OH is 1. The third-order valence-corrected chi connectivity index (χ3v) is 4.42. The van der Waals surface area contributed by atoms with Crippen LogP contribution in [0.25, 0.3) is 0 Å². The fraction of sp³-hybridized carbons (Fsp3) is 0.647. The van der Waals surface area contributed by atoms with E-state index in [1.807, 2.05) is 12.1 Å². The van der Waals surface area contributed by atoms with E-state index in [0.29, 0.717) is 6.04 Å². The smallest absolute Gasteiger partial charge is 0.0564 e. The summed E-state index contributed by atoms with van der Waals surface area (Å²) in [6, 6.07) is 8.52. The van der Waals surface area contributed by atoms with Gasteiger partial charge in [0.25, 0.3) is 0 Å². The van der Waals surface area contributed by atoms with Crippen LogP contribution in [0.2, 0.25) is 5.02 Å². The third kappa shape index (κ3) is 5.59. The Morgan fingerprint density at radius 2 is 2.14 bits per heavy atom. The van der Waals surface area contributed by atoms with Crippen LogP contribution in [0.1, 0.15) is 44.2 Å². The van der Waals surface area contributed by atoms with E-state index >= 15 is 0 Å². The number of hydrogen-bond acceptors (Lipinski definition) is 3.